The number of rotatable bonds is 8. The van der Waals surface area contributed by atoms with Crippen LogP contribution in [0.5, 0.6) is 0 Å². The van der Waals surface area contributed by atoms with Gasteiger partial charge in [0, 0.05) is 13.1 Å². The number of nitrogen functional groups attached to an aromatic ring is 1. The monoisotopic (exact) mass is 280 g/mol. The summed E-state index contributed by atoms with van der Waals surface area (Å²) in [5, 5.41) is 9.14. The second kappa shape index (κ2) is 8.43. The van der Waals surface area contributed by atoms with Crippen LogP contribution in [0.3, 0.4) is 0 Å². The summed E-state index contributed by atoms with van der Waals surface area (Å²) in [7, 11) is 0. The number of aliphatic hydroxyl groups excluding tert-OH is 1. The maximum absolute atomic E-state index is 11.6. The Labute approximate surface area is 120 Å². The van der Waals surface area contributed by atoms with E-state index in [0.717, 1.165) is 25.1 Å². The Morgan fingerprint density at radius 2 is 2.10 bits per heavy atom. The zero-order valence-corrected chi connectivity index (χ0v) is 12.3. The first kappa shape index (κ1) is 16.3. The van der Waals surface area contributed by atoms with E-state index in [0.29, 0.717) is 24.4 Å². The Kier molecular flexibility index (Phi) is 6.87. The summed E-state index contributed by atoms with van der Waals surface area (Å²) >= 11 is 0. The number of hydrogen-bond donors (Lipinski definition) is 2. The second-order valence-corrected chi connectivity index (χ2v) is 4.56. The number of nitrogens with two attached hydrogens (primary N) is 1. The Bertz CT molecular complexity index is 435. The van der Waals surface area contributed by atoms with E-state index in [2.05, 4.69) is 6.92 Å². The van der Waals surface area contributed by atoms with E-state index in [4.69, 9.17) is 15.6 Å². The molecule has 0 aromatic heterocycles. The van der Waals surface area contributed by atoms with Crippen molar-refractivity contribution in [3.8, 4) is 0 Å². The molecule has 112 valence electrons. The van der Waals surface area contributed by atoms with Gasteiger partial charge in [-0.2, -0.15) is 0 Å². The number of unbranched alkanes of at least 4 members (excludes halogenated alkanes) is 1. The summed E-state index contributed by atoms with van der Waals surface area (Å²) in [5.41, 5.74) is 7.85. The summed E-state index contributed by atoms with van der Waals surface area (Å²) < 4.78 is 4.95. The number of aliphatic hydroxyl groups is 1. The maximum atomic E-state index is 11.6. The van der Waals surface area contributed by atoms with Gasteiger partial charge in [0.25, 0.3) is 0 Å². The van der Waals surface area contributed by atoms with E-state index in [1.54, 1.807) is 19.1 Å². The highest BCUT2D eigenvalue weighted by atomic mass is 16.5. The Morgan fingerprint density at radius 1 is 1.35 bits per heavy atom. The van der Waals surface area contributed by atoms with Gasteiger partial charge in [-0.1, -0.05) is 13.3 Å². The van der Waals surface area contributed by atoms with Crippen LogP contribution in [0.25, 0.3) is 0 Å². The van der Waals surface area contributed by atoms with E-state index in [1.807, 2.05) is 11.0 Å². The van der Waals surface area contributed by atoms with E-state index in [-0.39, 0.29) is 12.6 Å². The summed E-state index contributed by atoms with van der Waals surface area (Å²) in [5.74, 6) is -0.368. The van der Waals surface area contributed by atoms with Crippen LogP contribution >= 0.6 is 0 Å². The van der Waals surface area contributed by atoms with Crippen molar-refractivity contribution in [2.24, 2.45) is 0 Å². The third kappa shape index (κ3) is 4.42. The van der Waals surface area contributed by atoms with Crippen molar-refractivity contribution in [2.75, 3.05) is 36.9 Å². The van der Waals surface area contributed by atoms with Crippen molar-refractivity contribution in [2.45, 2.75) is 26.7 Å². The van der Waals surface area contributed by atoms with Crippen LogP contribution in [0.1, 0.15) is 37.0 Å². The van der Waals surface area contributed by atoms with Crippen LogP contribution in [0.4, 0.5) is 11.4 Å². The van der Waals surface area contributed by atoms with E-state index < -0.39 is 0 Å². The van der Waals surface area contributed by atoms with Gasteiger partial charge >= 0.3 is 5.97 Å². The molecule has 0 atom stereocenters. The normalized spacial score (nSPS) is 10.3. The lowest BCUT2D eigenvalue weighted by Crippen LogP contribution is -2.28. The summed E-state index contributed by atoms with van der Waals surface area (Å²) in [6, 6.07) is 5.15. The van der Waals surface area contributed by atoms with Crippen LogP contribution in [0.15, 0.2) is 18.2 Å². The molecule has 0 unspecified atom stereocenters. The van der Waals surface area contributed by atoms with E-state index >= 15 is 0 Å². The molecule has 1 aromatic rings. The molecule has 0 spiro atoms. The van der Waals surface area contributed by atoms with Crippen molar-refractivity contribution in [3.05, 3.63) is 23.8 Å². The molecule has 0 fully saturated rings. The number of hydrogen-bond acceptors (Lipinski definition) is 5. The first-order chi connectivity index (χ1) is 9.63. The van der Waals surface area contributed by atoms with E-state index in [9.17, 15) is 4.79 Å². The van der Waals surface area contributed by atoms with Gasteiger partial charge in [-0.15, -0.1) is 0 Å². The Balaban J connectivity index is 2.91. The van der Waals surface area contributed by atoms with Crippen molar-refractivity contribution < 1.29 is 14.6 Å². The quantitative estimate of drug-likeness (QED) is 0.563. The van der Waals surface area contributed by atoms with Crippen LogP contribution in [-0.2, 0) is 4.74 Å². The fourth-order valence-corrected chi connectivity index (χ4v) is 2.01. The predicted molar refractivity (Wildman–Crippen MR) is 81.0 cm³/mol. The number of nitrogens with zero attached hydrogens (tertiary/aromatic N) is 1. The molecule has 20 heavy (non-hydrogen) atoms. The average molecular weight is 280 g/mol. The van der Waals surface area contributed by atoms with Crippen LogP contribution in [0.2, 0.25) is 0 Å². The van der Waals surface area contributed by atoms with Crippen LogP contribution < -0.4 is 10.6 Å². The maximum Gasteiger partial charge on any atom is 0.338 e. The summed E-state index contributed by atoms with van der Waals surface area (Å²) in [6.45, 7) is 5.66. The van der Waals surface area contributed by atoms with Gasteiger partial charge < -0.3 is 20.5 Å². The van der Waals surface area contributed by atoms with E-state index in [1.165, 1.54) is 0 Å². The predicted octanol–water partition coefficient (Wildman–Crippen LogP) is 2.04. The fraction of sp³-hybridized carbons (Fsp3) is 0.533. The lowest BCUT2D eigenvalue weighted by atomic mass is 10.1. The van der Waals surface area contributed by atoms with Crippen molar-refractivity contribution in [1.29, 1.82) is 0 Å². The Morgan fingerprint density at radius 3 is 2.65 bits per heavy atom. The van der Waals surface area contributed by atoms with Gasteiger partial charge in [0.05, 0.1) is 30.2 Å². The average Bonchev–Trinajstić information content (AvgIpc) is 2.44. The molecule has 0 aliphatic rings. The number of anilines is 2. The molecule has 0 aliphatic heterocycles. The largest absolute Gasteiger partial charge is 0.462 e. The number of carbonyl (C=O) groups is 1. The summed E-state index contributed by atoms with van der Waals surface area (Å²) in [4.78, 5) is 13.7. The molecule has 0 bridgehead atoms. The fourth-order valence-electron chi connectivity index (χ4n) is 2.01. The molecule has 1 aromatic carbocycles. The Hall–Kier alpha value is -1.75. The minimum atomic E-state index is -0.368. The van der Waals surface area contributed by atoms with Crippen molar-refractivity contribution in [1.82, 2.24) is 0 Å². The van der Waals surface area contributed by atoms with Crippen molar-refractivity contribution >= 4 is 17.3 Å². The first-order valence-corrected chi connectivity index (χ1v) is 7.06. The van der Waals surface area contributed by atoms with Crippen LogP contribution in [0, 0.1) is 0 Å². The highest BCUT2D eigenvalue weighted by molar-refractivity contribution is 5.92. The SMILES string of the molecule is CCCCN(CCO)c1ccc(C(=O)OCC)cc1N. The minimum absolute atomic E-state index is 0.0722. The molecular weight excluding hydrogens is 256 g/mol. The molecule has 5 nitrogen and oxygen atoms in total. The van der Waals surface area contributed by atoms with Gasteiger partial charge in [0.1, 0.15) is 0 Å². The topological polar surface area (TPSA) is 75.8 Å². The molecule has 5 heteroatoms. The molecule has 0 saturated heterocycles. The number of carbonyl (C=O) groups excluding carboxylic acids is 1. The highest BCUT2D eigenvalue weighted by Crippen LogP contribution is 2.25. The molecular formula is C15H24N2O3. The molecule has 1 rings (SSSR count). The highest BCUT2D eigenvalue weighted by Gasteiger charge is 2.13. The van der Waals surface area contributed by atoms with Gasteiger partial charge in [0.2, 0.25) is 0 Å². The van der Waals surface area contributed by atoms with Gasteiger partial charge in [-0.05, 0) is 31.5 Å². The van der Waals surface area contributed by atoms with Gasteiger partial charge in [-0.25, -0.2) is 4.79 Å². The lowest BCUT2D eigenvalue weighted by molar-refractivity contribution is 0.0526. The molecule has 0 radical (unpaired) electrons. The smallest absolute Gasteiger partial charge is 0.338 e. The third-order valence-electron chi connectivity index (χ3n) is 3.03. The first-order valence-electron chi connectivity index (χ1n) is 7.06. The second-order valence-electron chi connectivity index (χ2n) is 4.56. The van der Waals surface area contributed by atoms with Gasteiger partial charge in [-0.3, -0.25) is 0 Å². The number of benzene rings is 1. The molecule has 3 N–H and O–H groups in total. The van der Waals surface area contributed by atoms with Gasteiger partial charge in [0.15, 0.2) is 0 Å². The van der Waals surface area contributed by atoms with Crippen molar-refractivity contribution in [3.63, 3.8) is 0 Å². The summed E-state index contributed by atoms with van der Waals surface area (Å²) in [6.07, 6.45) is 2.10. The molecule has 0 amide bonds. The minimum Gasteiger partial charge on any atom is -0.462 e. The standard InChI is InChI=1S/C15H24N2O3/c1-3-5-8-17(9-10-18)14-7-6-12(11-13(14)16)15(19)20-4-2/h6-7,11,18H,3-5,8-10,16H2,1-2H3. The zero-order valence-electron chi connectivity index (χ0n) is 12.3. The number of esters is 1. The third-order valence-corrected chi connectivity index (χ3v) is 3.03. The molecule has 0 heterocycles. The molecule has 0 aliphatic carbocycles. The number of ether oxygens (including phenoxy) is 1. The molecule has 0 saturated carbocycles. The van der Waals surface area contributed by atoms with Crippen LogP contribution in [-0.4, -0.2) is 37.4 Å². The zero-order chi connectivity index (χ0) is 15.0. The lowest BCUT2D eigenvalue weighted by Gasteiger charge is -2.25.